The van der Waals surface area contributed by atoms with Crippen LogP contribution in [0.5, 0.6) is 0 Å². The van der Waals surface area contributed by atoms with E-state index in [1.165, 1.54) is 0 Å². The van der Waals surface area contributed by atoms with Gasteiger partial charge in [-0.3, -0.25) is 9.59 Å². The van der Waals surface area contributed by atoms with Crippen LogP contribution in [-0.2, 0) is 25.5 Å². The van der Waals surface area contributed by atoms with Crippen molar-refractivity contribution in [3.8, 4) is 0 Å². The number of fused-ring (bicyclic) bond motifs is 1. The molecule has 0 aliphatic carbocycles. The molecule has 0 saturated carbocycles. The van der Waals surface area contributed by atoms with E-state index in [0.29, 0.717) is 12.8 Å². The van der Waals surface area contributed by atoms with E-state index in [2.05, 4.69) is 15.6 Å². The lowest BCUT2D eigenvalue weighted by Crippen LogP contribution is -2.57. The van der Waals surface area contributed by atoms with Crippen LogP contribution < -0.4 is 16.4 Å². The van der Waals surface area contributed by atoms with Crippen LogP contribution in [0.1, 0.15) is 60.5 Å². The summed E-state index contributed by atoms with van der Waals surface area (Å²) in [5.74, 6) is -1.38. The van der Waals surface area contributed by atoms with Crippen LogP contribution in [0.3, 0.4) is 0 Å². The van der Waals surface area contributed by atoms with Crippen LogP contribution in [0.4, 0.5) is 0 Å². The summed E-state index contributed by atoms with van der Waals surface area (Å²) >= 11 is 0. The number of rotatable bonds is 10. The predicted molar refractivity (Wildman–Crippen MR) is 134 cm³/mol. The van der Waals surface area contributed by atoms with Crippen LogP contribution in [0, 0.1) is 11.8 Å². The molecule has 2 amide bonds. The summed E-state index contributed by atoms with van der Waals surface area (Å²) in [6.07, 6.45) is 2.61. The minimum absolute atomic E-state index is 0.162. The Bertz CT molecular complexity index is 990. The number of hydrogen-bond acceptors (Lipinski definition) is 5. The number of hydrogen-bond donors (Lipinski definition) is 4. The first-order valence-electron chi connectivity index (χ1n) is 11.9. The summed E-state index contributed by atoms with van der Waals surface area (Å²) in [6, 6.07) is 5.34. The highest BCUT2D eigenvalue weighted by Crippen LogP contribution is 2.19. The van der Waals surface area contributed by atoms with Gasteiger partial charge in [0, 0.05) is 17.1 Å². The predicted octanol–water partition coefficient (Wildman–Crippen LogP) is 3.05. The molecule has 0 saturated heterocycles. The zero-order valence-corrected chi connectivity index (χ0v) is 21.4. The summed E-state index contributed by atoms with van der Waals surface area (Å²) in [6.45, 7) is 13.0. The summed E-state index contributed by atoms with van der Waals surface area (Å²) in [5.41, 5.74) is 7.44. The number of ether oxygens (including phenoxy) is 1. The molecular weight excluding hydrogens is 432 g/mol. The molecule has 0 fully saturated rings. The Hall–Kier alpha value is -2.87. The highest BCUT2D eigenvalue weighted by molar-refractivity contribution is 5.92. The van der Waals surface area contributed by atoms with E-state index in [4.69, 9.17) is 10.5 Å². The molecule has 5 N–H and O–H groups in total. The molecule has 0 aliphatic rings. The molecule has 8 heteroatoms. The number of esters is 1. The van der Waals surface area contributed by atoms with Gasteiger partial charge in [0.25, 0.3) is 0 Å². The zero-order chi connectivity index (χ0) is 25.6. The van der Waals surface area contributed by atoms with Crippen LogP contribution in [0.2, 0.25) is 0 Å². The van der Waals surface area contributed by atoms with Crippen molar-refractivity contribution in [1.82, 2.24) is 15.6 Å². The maximum absolute atomic E-state index is 13.1. The first-order valence-corrected chi connectivity index (χ1v) is 11.9. The van der Waals surface area contributed by atoms with Crippen molar-refractivity contribution < 1.29 is 19.1 Å². The number of benzene rings is 1. The number of aromatic amines is 1. The van der Waals surface area contributed by atoms with Gasteiger partial charge in [0.05, 0.1) is 6.04 Å². The highest BCUT2D eigenvalue weighted by atomic mass is 16.6. The fraction of sp³-hybridized carbons (Fsp3) is 0.577. The zero-order valence-electron chi connectivity index (χ0n) is 21.4. The Kier molecular flexibility index (Phi) is 9.27. The number of carbonyl (C=O) groups excluding carboxylic acids is 3. The topological polar surface area (TPSA) is 126 Å². The molecule has 2 rings (SSSR count). The third kappa shape index (κ3) is 7.87. The Balaban J connectivity index is 2.08. The van der Waals surface area contributed by atoms with E-state index in [1.807, 2.05) is 58.2 Å². The maximum Gasteiger partial charge on any atom is 0.329 e. The second-order valence-electron chi connectivity index (χ2n) is 10.6. The van der Waals surface area contributed by atoms with E-state index in [0.717, 1.165) is 16.5 Å². The molecule has 188 valence electrons. The molecule has 3 atom stereocenters. The van der Waals surface area contributed by atoms with Gasteiger partial charge in [-0.15, -0.1) is 0 Å². The molecule has 1 aromatic heterocycles. The molecule has 0 spiro atoms. The van der Waals surface area contributed by atoms with E-state index >= 15 is 0 Å². The lowest BCUT2D eigenvalue weighted by molar-refractivity contribution is -0.159. The second-order valence-corrected chi connectivity index (χ2v) is 10.6. The fourth-order valence-corrected chi connectivity index (χ4v) is 3.75. The monoisotopic (exact) mass is 472 g/mol. The first-order chi connectivity index (χ1) is 15.8. The van der Waals surface area contributed by atoms with E-state index in [9.17, 15) is 14.4 Å². The van der Waals surface area contributed by atoms with Crippen LogP contribution in [0.25, 0.3) is 10.9 Å². The van der Waals surface area contributed by atoms with Gasteiger partial charge in [0.2, 0.25) is 11.8 Å². The van der Waals surface area contributed by atoms with Gasteiger partial charge >= 0.3 is 5.97 Å². The lowest BCUT2D eigenvalue weighted by Gasteiger charge is -2.28. The quantitative estimate of drug-likeness (QED) is 0.395. The Morgan fingerprint density at radius 1 is 1.03 bits per heavy atom. The Morgan fingerprint density at radius 3 is 2.26 bits per heavy atom. The number of para-hydroxylation sites is 1. The van der Waals surface area contributed by atoms with Crippen molar-refractivity contribution in [2.45, 2.75) is 85.0 Å². The first kappa shape index (κ1) is 27.4. The summed E-state index contributed by atoms with van der Waals surface area (Å²) < 4.78 is 5.49. The number of amides is 2. The van der Waals surface area contributed by atoms with Gasteiger partial charge in [0.15, 0.2) is 0 Å². The van der Waals surface area contributed by atoms with Crippen molar-refractivity contribution in [2.75, 3.05) is 0 Å². The summed E-state index contributed by atoms with van der Waals surface area (Å²) in [7, 11) is 0. The molecule has 2 aromatic rings. The second kappa shape index (κ2) is 11.5. The third-order valence-electron chi connectivity index (χ3n) is 5.41. The largest absolute Gasteiger partial charge is 0.458 e. The average molecular weight is 473 g/mol. The number of H-pyrrole nitrogens is 1. The SMILES string of the molecule is CC(C)CC(NC(=O)C(NC(=O)C(N)Cc1c[nH]c2ccccc12)C(C)C)C(=O)OC(C)(C)C. The Labute approximate surface area is 202 Å². The van der Waals surface area contributed by atoms with Crippen LogP contribution in [0.15, 0.2) is 30.5 Å². The minimum atomic E-state index is -0.835. The maximum atomic E-state index is 13.1. The Morgan fingerprint density at radius 2 is 1.68 bits per heavy atom. The van der Waals surface area contributed by atoms with Gasteiger partial charge in [-0.25, -0.2) is 4.79 Å². The van der Waals surface area contributed by atoms with Crippen LogP contribution >= 0.6 is 0 Å². The number of aromatic nitrogens is 1. The molecular formula is C26H40N4O4. The van der Waals surface area contributed by atoms with Crippen molar-refractivity contribution in [3.63, 3.8) is 0 Å². The van der Waals surface area contributed by atoms with Crippen molar-refractivity contribution in [3.05, 3.63) is 36.0 Å². The normalized spacial score (nSPS) is 14.6. The molecule has 3 unspecified atom stereocenters. The van der Waals surface area contributed by atoms with Gasteiger partial charge < -0.3 is 26.1 Å². The fourth-order valence-electron chi connectivity index (χ4n) is 3.75. The molecule has 8 nitrogen and oxygen atoms in total. The highest BCUT2D eigenvalue weighted by Gasteiger charge is 2.32. The lowest BCUT2D eigenvalue weighted by atomic mass is 9.99. The van der Waals surface area contributed by atoms with Crippen LogP contribution in [-0.4, -0.2) is 46.5 Å². The smallest absolute Gasteiger partial charge is 0.329 e. The number of carbonyl (C=O) groups is 3. The van der Waals surface area contributed by atoms with E-state index < -0.39 is 41.5 Å². The molecule has 0 radical (unpaired) electrons. The van der Waals surface area contributed by atoms with Crippen molar-refractivity contribution in [1.29, 1.82) is 0 Å². The molecule has 1 aromatic carbocycles. The van der Waals surface area contributed by atoms with Gasteiger partial charge in [-0.05, 0) is 57.1 Å². The van der Waals surface area contributed by atoms with Crippen molar-refractivity contribution in [2.24, 2.45) is 17.6 Å². The van der Waals surface area contributed by atoms with Gasteiger partial charge in [0.1, 0.15) is 17.7 Å². The molecule has 0 bridgehead atoms. The third-order valence-corrected chi connectivity index (χ3v) is 5.41. The van der Waals surface area contributed by atoms with Gasteiger partial charge in [-0.2, -0.15) is 0 Å². The molecule has 34 heavy (non-hydrogen) atoms. The number of nitrogens with two attached hydrogens (primary N) is 1. The van der Waals surface area contributed by atoms with E-state index in [1.54, 1.807) is 20.8 Å². The minimum Gasteiger partial charge on any atom is -0.458 e. The van der Waals surface area contributed by atoms with Crippen molar-refractivity contribution >= 4 is 28.7 Å². The summed E-state index contributed by atoms with van der Waals surface area (Å²) in [4.78, 5) is 41.9. The van der Waals surface area contributed by atoms with E-state index in [-0.39, 0.29) is 11.8 Å². The molecule has 0 aliphatic heterocycles. The number of nitrogens with one attached hydrogen (secondary N) is 3. The molecule has 1 heterocycles. The average Bonchev–Trinajstić information content (AvgIpc) is 3.12. The summed E-state index contributed by atoms with van der Waals surface area (Å²) in [5, 5.41) is 6.59. The standard InChI is InChI=1S/C26H40N4O4/c1-15(2)12-21(25(33)34-26(5,6)7)29-24(32)22(16(3)4)30-23(31)19(27)13-17-14-28-20-11-9-8-10-18(17)20/h8-11,14-16,19,21-22,28H,12-13,27H2,1-7H3,(H,29,32)(H,30,31). The van der Waals surface area contributed by atoms with Gasteiger partial charge in [-0.1, -0.05) is 45.9 Å².